The number of morpholine rings is 1. The van der Waals surface area contributed by atoms with E-state index in [4.69, 9.17) is 9.26 Å². The van der Waals surface area contributed by atoms with E-state index in [-0.39, 0.29) is 6.10 Å². The molecule has 1 atom stereocenters. The lowest BCUT2D eigenvalue weighted by Crippen LogP contribution is -2.46. The molecule has 1 aliphatic heterocycles. The van der Waals surface area contributed by atoms with E-state index in [1.54, 1.807) is 0 Å². The van der Waals surface area contributed by atoms with E-state index < -0.39 is 0 Å². The number of ether oxygens (including phenoxy) is 1. The fraction of sp³-hybridized carbons (Fsp3) is 0.857. The lowest BCUT2D eigenvalue weighted by Gasteiger charge is -2.33. The third-order valence-electron chi connectivity index (χ3n) is 3.41. The maximum absolute atomic E-state index is 5.77. The van der Waals surface area contributed by atoms with Crippen LogP contribution in [0.25, 0.3) is 0 Å². The van der Waals surface area contributed by atoms with Gasteiger partial charge in [-0.3, -0.25) is 4.90 Å². The number of unbranched alkanes of at least 4 members (excludes halogenated alkanes) is 1. The van der Waals surface area contributed by atoms with Gasteiger partial charge in [0.15, 0.2) is 5.82 Å². The van der Waals surface area contributed by atoms with Crippen LogP contribution in [0.2, 0.25) is 0 Å². The van der Waals surface area contributed by atoms with Gasteiger partial charge in [-0.25, -0.2) is 0 Å². The molecule has 114 valence electrons. The van der Waals surface area contributed by atoms with Gasteiger partial charge in [0, 0.05) is 26.1 Å². The Hall–Kier alpha value is -0.980. The summed E-state index contributed by atoms with van der Waals surface area (Å²) >= 11 is 0. The molecule has 0 amide bonds. The van der Waals surface area contributed by atoms with Crippen molar-refractivity contribution in [1.29, 1.82) is 0 Å². The van der Waals surface area contributed by atoms with Crippen molar-refractivity contribution in [3.05, 3.63) is 11.7 Å². The van der Waals surface area contributed by atoms with E-state index >= 15 is 0 Å². The molecule has 2 rings (SSSR count). The molecule has 20 heavy (non-hydrogen) atoms. The second-order valence-corrected chi connectivity index (χ2v) is 5.70. The van der Waals surface area contributed by atoms with Crippen LogP contribution in [-0.4, -0.2) is 66.4 Å². The van der Waals surface area contributed by atoms with Gasteiger partial charge in [-0.15, -0.1) is 0 Å². The molecule has 0 saturated carbocycles. The predicted octanol–water partition coefficient (Wildman–Crippen LogP) is 1.17. The number of nitrogens with zero attached hydrogens (tertiary/aromatic N) is 4. The highest BCUT2D eigenvalue weighted by Crippen LogP contribution is 2.10. The molecule has 1 saturated heterocycles. The molecule has 6 heteroatoms. The molecule has 0 aromatic carbocycles. The highest BCUT2D eigenvalue weighted by Gasteiger charge is 2.22. The van der Waals surface area contributed by atoms with Crippen LogP contribution in [0.15, 0.2) is 4.52 Å². The molecule has 1 aliphatic rings. The molecule has 1 aromatic heterocycles. The summed E-state index contributed by atoms with van der Waals surface area (Å²) in [6, 6.07) is 0. The zero-order chi connectivity index (χ0) is 14.4. The van der Waals surface area contributed by atoms with Gasteiger partial charge in [0.2, 0.25) is 5.89 Å². The standard InChI is InChI=1S/C14H26N4O2/c1-4-5-6-14-15-13(16-20-14)11-18-7-8-19-12(10-18)9-17(2)3/h12H,4-11H2,1-3H3/t12-/m0/s1. The molecular weight excluding hydrogens is 256 g/mol. The van der Waals surface area contributed by atoms with Crippen LogP contribution in [0, 0.1) is 0 Å². The van der Waals surface area contributed by atoms with Gasteiger partial charge >= 0.3 is 0 Å². The van der Waals surface area contributed by atoms with E-state index in [0.717, 1.165) is 63.8 Å². The molecule has 2 heterocycles. The van der Waals surface area contributed by atoms with Crippen LogP contribution >= 0.6 is 0 Å². The Labute approximate surface area is 121 Å². The van der Waals surface area contributed by atoms with Gasteiger partial charge in [0.05, 0.1) is 19.3 Å². The predicted molar refractivity (Wildman–Crippen MR) is 76.5 cm³/mol. The molecule has 0 radical (unpaired) electrons. The third-order valence-corrected chi connectivity index (χ3v) is 3.41. The maximum atomic E-state index is 5.77. The molecular formula is C14H26N4O2. The molecule has 0 unspecified atom stereocenters. The normalized spacial score (nSPS) is 20.7. The summed E-state index contributed by atoms with van der Waals surface area (Å²) in [5.41, 5.74) is 0. The second kappa shape index (κ2) is 7.71. The maximum Gasteiger partial charge on any atom is 0.226 e. The van der Waals surface area contributed by atoms with Gasteiger partial charge in [0.25, 0.3) is 0 Å². The lowest BCUT2D eigenvalue weighted by atomic mass is 10.2. The van der Waals surface area contributed by atoms with Crippen LogP contribution < -0.4 is 0 Å². The van der Waals surface area contributed by atoms with Crippen LogP contribution in [0.4, 0.5) is 0 Å². The minimum Gasteiger partial charge on any atom is -0.374 e. The zero-order valence-corrected chi connectivity index (χ0v) is 12.8. The number of aromatic nitrogens is 2. The average molecular weight is 282 g/mol. The van der Waals surface area contributed by atoms with E-state index in [9.17, 15) is 0 Å². The van der Waals surface area contributed by atoms with Crippen molar-refractivity contribution in [2.24, 2.45) is 0 Å². The van der Waals surface area contributed by atoms with Crippen LogP contribution in [0.5, 0.6) is 0 Å². The van der Waals surface area contributed by atoms with E-state index in [1.165, 1.54) is 0 Å². The van der Waals surface area contributed by atoms with Crippen LogP contribution in [0.3, 0.4) is 0 Å². The summed E-state index contributed by atoms with van der Waals surface area (Å²) in [7, 11) is 4.14. The van der Waals surface area contributed by atoms with Crippen molar-refractivity contribution in [1.82, 2.24) is 19.9 Å². The van der Waals surface area contributed by atoms with E-state index in [2.05, 4.69) is 41.0 Å². The number of hydrogen-bond acceptors (Lipinski definition) is 6. The first kappa shape index (κ1) is 15.4. The van der Waals surface area contributed by atoms with Crippen LogP contribution in [-0.2, 0) is 17.7 Å². The van der Waals surface area contributed by atoms with Crippen molar-refractivity contribution >= 4 is 0 Å². The minimum absolute atomic E-state index is 0.269. The summed E-state index contributed by atoms with van der Waals surface area (Å²) < 4.78 is 11.0. The highest BCUT2D eigenvalue weighted by molar-refractivity contribution is 4.88. The highest BCUT2D eigenvalue weighted by atomic mass is 16.5. The van der Waals surface area contributed by atoms with Crippen molar-refractivity contribution < 1.29 is 9.26 Å². The Bertz CT molecular complexity index is 394. The first-order chi connectivity index (χ1) is 9.67. The van der Waals surface area contributed by atoms with Gasteiger partial charge in [0.1, 0.15) is 0 Å². The summed E-state index contributed by atoms with van der Waals surface area (Å²) in [6.45, 7) is 6.50. The summed E-state index contributed by atoms with van der Waals surface area (Å²) in [5.74, 6) is 1.56. The van der Waals surface area contributed by atoms with Crippen molar-refractivity contribution in [2.45, 2.75) is 38.8 Å². The monoisotopic (exact) mass is 282 g/mol. The Morgan fingerprint density at radius 2 is 2.25 bits per heavy atom. The average Bonchev–Trinajstić information content (AvgIpc) is 2.83. The Morgan fingerprint density at radius 1 is 1.40 bits per heavy atom. The quantitative estimate of drug-likeness (QED) is 0.748. The topological polar surface area (TPSA) is 54.6 Å². The fourth-order valence-corrected chi connectivity index (χ4v) is 2.43. The third kappa shape index (κ3) is 4.85. The van der Waals surface area contributed by atoms with E-state index in [1.807, 2.05) is 0 Å². The molecule has 6 nitrogen and oxygen atoms in total. The smallest absolute Gasteiger partial charge is 0.226 e. The first-order valence-electron chi connectivity index (χ1n) is 7.47. The number of hydrogen-bond donors (Lipinski definition) is 0. The largest absolute Gasteiger partial charge is 0.374 e. The first-order valence-corrected chi connectivity index (χ1v) is 7.47. The molecule has 0 spiro atoms. The molecule has 0 aliphatic carbocycles. The summed E-state index contributed by atoms with van der Waals surface area (Å²) in [6.07, 6.45) is 3.40. The molecule has 1 aromatic rings. The number of rotatable bonds is 7. The van der Waals surface area contributed by atoms with Crippen molar-refractivity contribution in [3.8, 4) is 0 Å². The number of likely N-dealkylation sites (N-methyl/N-ethyl adjacent to an activating group) is 1. The van der Waals surface area contributed by atoms with Gasteiger partial charge < -0.3 is 14.2 Å². The minimum atomic E-state index is 0.269. The Kier molecular flexibility index (Phi) is 5.94. The van der Waals surface area contributed by atoms with Crippen molar-refractivity contribution in [3.63, 3.8) is 0 Å². The van der Waals surface area contributed by atoms with Gasteiger partial charge in [-0.2, -0.15) is 4.98 Å². The second-order valence-electron chi connectivity index (χ2n) is 5.70. The zero-order valence-electron chi connectivity index (χ0n) is 12.8. The summed E-state index contributed by atoms with van der Waals surface area (Å²) in [4.78, 5) is 8.95. The summed E-state index contributed by atoms with van der Waals surface area (Å²) in [5, 5.41) is 4.07. The number of aryl methyl sites for hydroxylation is 1. The Morgan fingerprint density at radius 3 is 3.00 bits per heavy atom. The fourth-order valence-electron chi connectivity index (χ4n) is 2.43. The molecule has 0 bridgehead atoms. The van der Waals surface area contributed by atoms with Gasteiger partial charge in [-0.1, -0.05) is 18.5 Å². The van der Waals surface area contributed by atoms with Crippen molar-refractivity contribution in [2.75, 3.05) is 40.3 Å². The molecule has 0 N–H and O–H groups in total. The van der Waals surface area contributed by atoms with Gasteiger partial charge in [-0.05, 0) is 20.5 Å². The lowest BCUT2D eigenvalue weighted by molar-refractivity contribution is -0.0414. The van der Waals surface area contributed by atoms with E-state index in [0.29, 0.717) is 0 Å². The SMILES string of the molecule is CCCCc1nc(CN2CCO[C@@H](CN(C)C)C2)no1. The Balaban J connectivity index is 1.81. The van der Waals surface area contributed by atoms with Crippen LogP contribution in [0.1, 0.15) is 31.5 Å². The molecule has 1 fully saturated rings.